The Morgan fingerprint density at radius 1 is 0.429 bits per heavy atom. The zero-order valence-electron chi connectivity index (χ0n) is 31.0. The number of rotatable bonds is 5. The smallest absolute Gasteiger partial charge is 0.160 e. The first kappa shape index (κ1) is 32.3. The van der Waals surface area contributed by atoms with Gasteiger partial charge in [0.2, 0.25) is 0 Å². The van der Waals surface area contributed by atoms with Gasteiger partial charge in [-0.05, 0) is 57.6 Å². The van der Waals surface area contributed by atoms with Gasteiger partial charge in [-0.2, -0.15) is 0 Å². The minimum Gasteiger partial charge on any atom is -0.259 e. The third-order valence-corrected chi connectivity index (χ3v) is 11.6. The highest BCUT2D eigenvalue weighted by molar-refractivity contribution is 6.11. The molecule has 0 saturated carbocycles. The fraction of sp³-hybridized carbons (Fsp3) is 0.0784. The number of pyridine rings is 1. The highest BCUT2D eigenvalue weighted by atomic mass is 15.0. The molecule has 3 heterocycles. The van der Waals surface area contributed by atoms with Crippen molar-refractivity contribution in [3.05, 3.63) is 186 Å². The number of benzene rings is 7. The maximum absolute atomic E-state index is 5.24. The average Bonchev–Trinajstić information content (AvgIpc) is 3.84. The van der Waals surface area contributed by atoms with E-state index in [0.29, 0.717) is 12.5 Å². The first-order chi connectivity index (χ1) is 27.5. The first-order valence-electron chi connectivity index (χ1n) is 19.1. The van der Waals surface area contributed by atoms with E-state index in [1.165, 1.54) is 33.4 Å². The van der Waals surface area contributed by atoms with Crippen molar-refractivity contribution in [3.63, 3.8) is 0 Å². The Balaban J connectivity index is 1.08. The van der Waals surface area contributed by atoms with Crippen molar-refractivity contribution in [2.75, 3.05) is 6.67 Å². The second kappa shape index (κ2) is 12.5. The van der Waals surface area contributed by atoms with Gasteiger partial charge in [0.1, 0.15) is 6.67 Å². The summed E-state index contributed by atoms with van der Waals surface area (Å²) in [5, 5.41) is 4.90. The largest absolute Gasteiger partial charge is 0.259 e. The lowest BCUT2D eigenvalue weighted by molar-refractivity contribution is 0.660. The number of aromatic nitrogens is 3. The van der Waals surface area contributed by atoms with Gasteiger partial charge in [0, 0.05) is 43.8 Å². The Morgan fingerprint density at radius 2 is 1.07 bits per heavy atom. The molecule has 0 amide bonds. The summed E-state index contributed by atoms with van der Waals surface area (Å²) in [5.74, 6) is 0.659. The van der Waals surface area contributed by atoms with Crippen LogP contribution in [0.15, 0.2) is 174 Å². The van der Waals surface area contributed by atoms with Crippen LogP contribution in [0, 0.1) is 0 Å². The van der Waals surface area contributed by atoms with Gasteiger partial charge < -0.3 is 0 Å². The lowest BCUT2D eigenvalue weighted by Crippen LogP contribution is -2.26. The molecule has 5 heteroatoms. The summed E-state index contributed by atoms with van der Waals surface area (Å²) in [5.41, 5.74) is 15.2. The van der Waals surface area contributed by atoms with Gasteiger partial charge >= 0.3 is 0 Å². The Labute approximate surface area is 324 Å². The summed E-state index contributed by atoms with van der Waals surface area (Å²) >= 11 is 0. The number of para-hydroxylation sites is 1. The highest BCUT2D eigenvalue weighted by Gasteiger charge is 2.35. The van der Waals surface area contributed by atoms with E-state index >= 15 is 0 Å². The van der Waals surface area contributed by atoms with Crippen LogP contribution >= 0.6 is 0 Å². The Morgan fingerprint density at radius 3 is 1.89 bits per heavy atom. The summed E-state index contributed by atoms with van der Waals surface area (Å²) < 4.78 is 0. The lowest BCUT2D eigenvalue weighted by atomic mass is 9.81. The number of hydrogen-bond acceptors (Lipinski definition) is 5. The molecule has 11 rings (SSSR count). The SMILES string of the molecule is CC1(C)c2ccccc2-c2ccc(-c3ccc(-c4cc(-c5cc6c(-c7ccccc7)nc7ccccc7c6c6c5=NCN=6)nc(-c5ccccc5)n4)cc3)cc21. The molecule has 0 unspecified atom stereocenters. The molecular formula is C51H35N5. The molecule has 264 valence electrons. The van der Waals surface area contributed by atoms with Crippen molar-refractivity contribution >= 4 is 21.7 Å². The monoisotopic (exact) mass is 717 g/mol. The zero-order chi connectivity index (χ0) is 37.4. The molecule has 0 spiro atoms. The lowest BCUT2D eigenvalue weighted by Gasteiger charge is -2.22. The standard InChI is InChI=1S/C51H35N5/c1-51(2)41-19-11-9-17-36(41)37-26-25-35(27-42(37)51)31-21-23-32(24-22-31)44-29-45(56-50(55-44)34-15-7-4-8-16-34)39-28-40-46(49-48(39)52-30-53-49)38-18-10-12-20-43(38)54-47(40)33-13-5-3-6-14-33/h3-29H,30H2,1-2H3. The van der Waals surface area contributed by atoms with E-state index in [2.05, 4.69) is 147 Å². The molecule has 0 bridgehead atoms. The highest BCUT2D eigenvalue weighted by Crippen LogP contribution is 2.49. The van der Waals surface area contributed by atoms with Crippen LogP contribution in [-0.4, -0.2) is 21.6 Å². The van der Waals surface area contributed by atoms with Gasteiger partial charge in [0.15, 0.2) is 5.82 Å². The van der Waals surface area contributed by atoms with Crippen LogP contribution in [0.3, 0.4) is 0 Å². The van der Waals surface area contributed by atoms with Gasteiger partial charge in [-0.3, -0.25) is 9.98 Å². The van der Waals surface area contributed by atoms with Crippen molar-refractivity contribution in [2.45, 2.75) is 19.3 Å². The van der Waals surface area contributed by atoms with Crippen molar-refractivity contribution in [3.8, 4) is 67.4 Å². The van der Waals surface area contributed by atoms with Gasteiger partial charge in [-0.15, -0.1) is 0 Å². The molecule has 2 aromatic heterocycles. The van der Waals surface area contributed by atoms with Gasteiger partial charge in [-0.25, -0.2) is 15.0 Å². The van der Waals surface area contributed by atoms with Crippen molar-refractivity contribution in [1.29, 1.82) is 0 Å². The van der Waals surface area contributed by atoms with Crippen LogP contribution < -0.4 is 10.7 Å². The molecule has 1 aliphatic heterocycles. The third kappa shape index (κ3) is 5.05. The molecule has 0 fully saturated rings. The predicted octanol–water partition coefficient (Wildman–Crippen LogP) is 11.0. The molecule has 0 saturated heterocycles. The molecule has 0 N–H and O–H groups in total. The molecule has 9 aromatic rings. The number of nitrogens with zero attached hydrogens (tertiary/aromatic N) is 5. The van der Waals surface area contributed by atoms with E-state index in [4.69, 9.17) is 24.9 Å². The summed E-state index contributed by atoms with van der Waals surface area (Å²) in [4.78, 5) is 25.6. The van der Waals surface area contributed by atoms with Crippen LogP contribution in [0.4, 0.5) is 0 Å². The van der Waals surface area contributed by atoms with Crippen molar-refractivity contribution < 1.29 is 0 Å². The van der Waals surface area contributed by atoms with Gasteiger partial charge in [0.05, 0.1) is 33.3 Å². The topological polar surface area (TPSA) is 63.4 Å². The molecule has 7 aromatic carbocycles. The van der Waals surface area contributed by atoms with Crippen LogP contribution in [0.5, 0.6) is 0 Å². The normalized spacial score (nSPS) is 13.5. The van der Waals surface area contributed by atoms with E-state index in [9.17, 15) is 0 Å². The predicted molar refractivity (Wildman–Crippen MR) is 227 cm³/mol. The minimum atomic E-state index is -0.0550. The van der Waals surface area contributed by atoms with E-state index in [1.54, 1.807) is 0 Å². The fourth-order valence-corrected chi connectivity index (χ4v) is 8.75. The molecule has 1 aliphatic carbocycles. The van der Waals surface area contributed by atoms with Gasteiger partial charge in [0.25, 0.3) is 0 Å². The Bertz CT molecular complexity index is 3170. The molecule has 5 nitrogen and oxygen atoms in total. The maximum atomic E-state index is 5.24. The van der Waals surface area contributed by atoms with E-state index in [-0.39, 0.29) is 5.41 Å². The number of fused-ring (bicyclic) bond motifs is 8. The van der Waals surface area contributed by atoms with Crippen LogP contribution in [-0.2, 0) is 5.41 Å². The minimum absolute atomic E-state index is 0.0550. The van der Waals surface area contributed by atoms with Gasteiger partial charge in [-0.1, -0.05) is 153 Å². The second-order valence-electron chi connectivity index (χ2n) is 15.2. The summed E-state index contributed by atoms with van der Waals surface area (Å²) in [6.45, 7) is 5.03. The molecular weight excluding hydrogens is 683 g/mol. The zero-order valence-corrected chi connectivity index (χ0v) is 31.0. The second-order valence-corrected chi connectivity index (χ2v) is 15.2. The van der Waals surface area contributed by atoms with Crippen molar-refractivity contribution in [1.82, 2.24) is 15.0 Å². The van der Waals surface area contributed by atoms with Crippen LogP contribution in [0.2, 0.25) is 0 Å². The average molecular weight is 718 g/mol. The molecule has 0 atom stereocenters. The third-order valence-electron chi connectivity index (χ3n) is 11.6. The van der Waals surface area contributed by atoms with E-state index in [1.807, 2.05) is 30.3 Å². The molecule has 2 aliphatic rings. The Kier molecular flexibility index (Phi) is 7.20. The number of hydrogen-bond donors (Lipinski definition) is 0. The van der Waals surface area contributed by atoms with Crippen LogP contribution in [0.25, 0.3) is 89.1 Å². The molecule has 56 heavy (non-hydrogen) atoms. The van der Waals surface area contributed by atoms with E-state index < -0.39 is 0 Å². The van der Waals surface area contributed by atoms with E-state index in [0.717, 1.165) is 71.7 Å². The molecule has 0 radical (unpaired) electrons. The van der Waals surface area contributed by atoms with Crippen molar-refractivity contribution in [2.24, 2.45) is 9.98 Å². The Hall–Kier alpha value is -7.11. The fourth-order valence-electron chi connectivity index (χ4n) is 8.75. The maximum Gasteiger partial charge on any atom is 0.160 e. The quantitative estimate of drug-likeness (QED) is 0.167. The summed E-state index contributed by atoms with van der Waals surface area (Å²) in [6, 6.07) is 57.7. The van der Waals surface area contributed by atoms with Crippen LogP contribution in [0.1, 0.15) is 25.0 Å². The summed E-state index contributed by atoms with van der Waals surface area (Å²) in [6.07, 6.45) is 0. The first-order valence-corrected chi connectivity index (χ1v) is 19.1. The summed E-state index contributed by atoms with van der Waals surface area (Å²) in [7, 11) is 0.